The van der Waals surface area contributed by atoms with Gasteiger partial charge in [-0.25, -0.2) is 13.4 Å². The molecule has 0 radical (unpaired) electrons. The second-order valence-electron chi connectivity index (χ2n) is 3.73. The highest BCUT2D eigenvalue weighted by atomic mass is 32.2. The maximum absolute atomic E-state index is 11.7. The van der Waals surface area contributed by atoms with Gasteiger partial charge >= 0.3 is 0 Å². The van der Waals surface area contributed by atoms with Gasteiger partial charge in [0.25, 0.3) is 5.91 Å². The minimum absolute atomic E-state index is 0.0523. The van der Waals surface area contributed by atoms with E-state index in [2.05, 4.69) is 5.10 Å². The van der Waals surface area contributed by atoms with Crippen LogP contribution in [0.4, 0.5) is 0 Å². The molecule has 1 rings (SSSR count). The van der Waals surface area contributed by atoms with Gasteiger partial charge in [0, 0.05) is 18.0 Å². The van der Waals surface area contributed by atoms with E-state index in [1.54, 1.807) is 13.8 Å². The number of sulfone groups is 1. The summed E-state index contributed by atoms with van der Waals surface area (Å²) in [7, 11) is -3.07. The smallest absolute Gasteiger partial charge is 0.252 e. The molecule has 0 aromatic carbocycles. The van der Waals surface area contributed by atoms with Crippen LogP contribution in [0.3, 0.4) is 0 Å². The average Bonchev–Trinajstić information content (AvgIpc) is 2.51. The Morgan fingerprint density at radius 3 is 2.56 bits per heavy atom. The van der Waals surface area contributed by atoms with Gasteiger partial charge in [0.1, 0.15) is 0 Å². The summed E-state index contributed by atoms with van der Waals surface area (Å²) < 4.78 is 22.6. The van der Waals surface area contributed by atoms with E-state index in [0.29, 0.717) is 5.71 Å². The van der Waals surface area contributed by atoms with Crippen molar-refractivity contribution in [2.75, 3.05) is 24.6 Å². The summed E-state index contributed by atoms with van der Waals surface area (Å²) in [6.07, 6.45) is 0. The Morgan fingerprint density at radius 2 is 2.12 bits per heavy atom. The quantitative estimate of drug-likeness (QED) is 0.689. The summed E-state index contributed by atoms with van der Waals surface area (Å²) in [6, 6.07) is 0. The molecule has 0 saturated heterocycles. The van der Waals surface area contributed by atoms with E-state index in [0.717, 1.165) is 0 Å². The summed E-state index contributed by atoms with van der Waals surface area (Å²) in [4.78, 5) is 11.7. The Kier molecular flexibility index (Phi) is 4.03. The second-order valence-corrected chi connectivity index (χ2v) is 6.20. The van der Waals surface area contributed by atoms with Crippen molar-refractivity contribution in [3.05, 3.63) is 0 Å². The SMILES string of the molecule is CCS(=O)(=O)CCN1N=C(C)C(CN)C1=O. The first-order valence-corrected chi connectivity index (χ1v) is 7.00. The van der Waals surface area contributed by atoms with Crippen molar-refractivity contribution in [2.45, 2.75) is 13.8 Å². The number of nitrogens with zero attached hydrogens (tertiary/aromatic N) is 2. The van der Waals surface area contributed by atoms with Crippen molar-refractivity contribution < 1.29 is 13.2 Å². The first-order valence-electron chi connectivity index (χ1n) is 5.18. The van der Waals surface area contributed by atoms with Crippen molar-refractivity contribution in [1.29, 1.82) is 0 Å². The zero-order valence-corrected chi connectivity index (χ0v) is 10.3. The standard InChI is InChI=1S/C9H17N3O3S/c1-3-16(14,15)5-4-12-9(13)8(6-10)7(2)11-12/h8H,3-6,10H2,1-2H3. The van der Waals surface area contributed by atoms with Gasteiger partial charge in [-0.15, -0.1) is 0 Å². The Hall–Kier alpha value is -0.950. The molecule has 1 aliphatic heterocycles. The van der Waals surface area contributed by atoms with Crippen LogP contribution in [0.15, 0.2) is 5.10 Å². The van der Waals surface area contributed by atoms with E-state index in [9.17, 15) is 13.2 Å². The molecule has 1 unspecified atom stereocenters. The highest BCUT2D eigenvalue weighted by molar-refractivity contribution is 7.91. The van der Waals surface area contributed by atoms with Gasteiger partial charge in [-0.2, -0.15) is 5.10 Å². The van der Waals surface area contributed by atoms with E-state index < -0.39 is 9.84 Å². The Balaban J connectivity index is 2.62. The molecule has 0 fully saturated rings. The molecule has 2 N–H and O–H groups in total. The van der Waals surface area contributed by atoms with Gasteiger partial charge in [0.05, 0.1) is 18.2 Å². The van der Waals surface area contributed by atoms with Crippen molar-refractivity contribution in [2.24, 2.45) is 16.8 Å². The predicted octanol–water partition coefficient (Wildman–Crippen LogP) is -0.786. The van der Waals surface area contributed by atoms with E-state index >= 15 is 0 Å². The fraction of sp³-hybridized carbons (Fsp3) is 0.778. The lowest BCUT2D eigenvalue weighted by molar-refractivity contribution is -0.131. The van der Waals surface area contributed by atoms with Crippen LogP contribution in [0, 0.1) is 5.92 Å². The summed E-state index contributed by atoms with van der Waals surface area (Å²) in [5.74, 6) is -0.558. The van der Waals surface area contributed by atoms with Gasteiger partial charge < -0.3 is 5.73 Å². The molecule has 7 heteroatoms. The van der Waals surface area contributed by atoms with Crippen molar-refractivity contribution in [1.82, 2.24) is 5.01 Å². The molecular formula is C9H17N3O3S. The maximum Gasteiger partial charge on any atom is 0.252 e. The van der Waals surface area contributed by atoms with Gasteiger partial charge in [-0.1, -0.05) is 6.92 Å². The van der Waals surface area contributed by atoms with Crippen molar-refractivity contribution in [3.8, 4) is 0 Å². The van der Waals surface area contributed by atoms with E-state index in [-0.39, 0.29) is 36.4 Å². The molecule has 0 aromatic heterocycles. The zero-order valence-electron chi connectivity index (χ0n) is 9.51. The third-order valence-electron chi connectivity index (χ3n) is 2.62. The number of hydrogen-bond donors (Lipinski definition) is 1. The number of carbonyl (C=O) groups is 1. The Morgan fingerprint density at radius 1 is 1.50 bits per heavy atom. The highest BCUT2D eigenvalue weighted by Crippen LogP contribution is 2.14. The second kappa shape index (κ2) is 4.92. The average molecular weight is 247 g/mol. The highest BCUT2D eigenvalue weighted by Gasteiger charge is 2.32. The Bertz CT molecular complexity index is 402. The molecule has 0 aliphatic carbocycles. The molecule has 1 aliphatic rings. The van der Waals surface area contributed by atoms with Crippen LogP contribution in [0.2, 0.25) is 0 Å². The number of hydrogen-bond acceptors (Lipinski definition) is 5. The first-order chi connectivity index (χ1) is 7.41. The summed E-state index contributed by atoms with van der Waals surface area (Å²) >= 11 is 0. The third-order valence-corrected chi connectivity index (χ3v) is 4.31. The monoisotopic (exact) mass is 247 g/mol. The van der Waals surface area contributed by atoms with Crippen LogP contribution in [0.1, 0.15) is 13.8 Å². The lowest BCUT2D eigenvalue weighted by Gasteiger charge is -2.13. The molecule has 0 bridgehead atoms. The number of nitrogens with two attached hydrogens (primary N) is 1. The number of carbonyl (C=O) groups excluding carboxylic acids is 1. The summed E-state index contributed by atoms with van der Waals surface area (Å²) in [5, 5.41) is 5.22. The molecule has 0 aromatic rings. The summed E-state index contributed by atoms with van der Waals surface area (Å²) in [6.45, 7) is 3.64. The molecule has 0 spiro atoms. The van der Waals surface area contributed by atoms with E-state index in [4.69, 9.17) is 5.73 Å². The lowest BCUT2D eigenvalue weighted by Crippen LogP contribution is -2.34. The van der Waals surface area contributed by atoms with Gasteiger partial charge in [-0.3, -0.25) is 4.79 Å². The molecule has 1 heterocycles. The zero-order chi connectivity index (χ0) is 12.3. The molecule has 1 atom stereocenters. The first kappa shape index (κ1) is 13.1. The summed E-state index contributed by atoms with van der Waals surface area (Å²) in [5.41, 5.74) is 6.09. The van der Waals surface area contributed by atoms with Crippen LogP contribution < -0.4 is 5.73 Å². The van der Waals surface area contributed by atoms with Crippen LogP contribution in [-0.2, 0) is 14.6 Å². The van der Waals surface area contributed by atoms with E-state index in [1.807, 2.05) is 0 Å². The minimum Gasteiger partial charge on any atom is -0.329 e. The Labute approximate surface area is 95.4 Å². The molecular weight excluding hydrogens is 230 g/mol. The van der Waals surface area contributed by atoms with Gasteiger partial charge in [-0.05, 0) is 6.92 Å². The lowest BCUT2D eigenvalue weighted by atomic mass is 10.1. The van der Waals surface area contributed by atoms with Gasteiger partial charge in [0.2, 0.25) is 0 Å². The van der Waals surface area contributed by atoms with Gasteiger partial charge in [0.15, 0.2) is 9.84 Å². The number of rotatable bonds is 5. The maximum atomic E-state index is 11.7. The molecule has 16 heavy (non-hydrogen) atoms. The number of hydrazone groups is 1. The fourth-order valence-corrected chi connectivity index (χ4v) is 2.21. The number of amides is 1. The predicted molar refractivity (Wildman–Crippen MR) is 61.7 cm³/mol. The van der Waals surface area contributed by atoms with Crippen LogP contribution in [0.25, 0.3) is 0 Å². The fourth-order valence-electron chi connectivity index (χ4n) is 1.47. The van der Waals surface area contributed by atoms with Crippen molar-refractivity contribution >= 4 is 21.5 Å². The normalized spacial score (nSPS) is 21.4. The van der Waals surface area contributed by atoms with Crippen LogP contribution >= 0.6 is 0 Å². The molecule has 0 saturated carbocycles. The molecule has 92 valence electrons. The topological polar surface area (TPSA) is 92.8 Å². The van der Waals surface area contributed by atoms with E-state index in [1.165, 1.54) is 5.01 Å². The largest absolute Gasteiger partial charge is 0.329 e. The minimum atomic E-state index is -3.07. The van der Waals surface area contributed by atoms with Crippen LogP contribution in [0.5, 0.6) is 0 Å². The van der Waals surface area contributed by atoms with Crippen molar-refractivity contribution in [3.63, 3.8) is 0 Å². The van der Waals surface area contributed by atoms with Crippen LogP contribution in [-0.4, -0.2) is 49.6 Å². The molecule has 6 nitrogen and oxygen atoms in total. The molecule has 1 amide bonds. The third kappa shape index (κ3) is 2.79.